The molecule has 2 amide bonds. The lowest BCUT2D eigenvalue weighted by Crippen LogP contribution is -2.78. The number of hydrogen-bond donors (Lipinski definition) is 2. The van der Waals surface area contributed by atoms with E-state index in [1.807, 2.05) is 36.5 Å². The molecular weight excluding hydrogens is 787 g/mol. The van der Waals surface area contributed by atoms with Crippen molar-refractivity contribution in [1.29, 1.82) is 0 Å². The molecule has 2 N–H and O–H groups in total. The van der Waals surface area contributed by atoms with E-state index in [-0.39, 0.29) is 42.1 Å². The third kappa shape index (κ3) is 6.45. The second kappa shape index (κ2) is 16.2. The standard InChI is InChI=1S/C49H63N5O8/c1-30-35-27-37(55)41-48-19-12-18-47(2,3)38(48)28-39(49(41,42(30)56)43(35)57)62-46(48)61-24-10-5-4-7-13-31-29-53(51-50-31)22-25-60-26-23-54-44(58)33-15-11-14-32-36(52-20-8-6-9-21-52)17-16-34(40(32)33)45(54)59/h11,14-17,29,35,37-39,41,43,46,55,57H,1,4-10,12-13,18-28H2,2-3H3/t35-,37-,38+,39+,41-,43+,46+,48-,49+/m0/s1. The molecule has 0 unspecified atom stereocenters. The average molecular weight is 850 g/mol. The Morgan fingerprint density at radius 1 is 0.887 bits per heavy atom. The number of nitrogens with zero attached hydrogens (tertiary/aromatic N) is 5. The topological polar surface area (TPSA) is 157 Å². The maximum Gasteiger partial charge on any atom is 0.261 e. The summed E-state index contributed by atoms with van der Waals surface area (Å²) in [7, 11) is 0. The zero-order chi connectivity index (χ0) is 43.0. The molecule has 62 heavy (non-hydrogen) atoms. The molecule has 4 aliphatic heterocycles. The van der Waals surface area contributed by atoms with Gasteiger partial charge in [0.15, 0.2) is 12.1 Å². The molecule has 3 saturated heterocycles. The number of aliphatic hydroxyl groups is 2. The first kappa shape index (κ1) is 42.0. The lowest BCUT2D eigenvalue weighted by atomic mass is 9.37. The number of aliphatic hydroxyl groups excluding tert-OH is 2. The Bertz CT molecular complexity index is 2230. The molecule has 13 nitrogen and oxygen atoms in total. The fourth-order valence-electron chi connectivity index (χ4n) is 13.7. The van der Waals surface area contributed by atoms with Crippen LogP contribution in [0.3, 0.4) is 0 Å². The van der Waals surface area contributed by atoms with Crippen molar-refractivity contribution in [1.82, 2.24) is 19.9 Å². The van der Waals surface area contributed by atoms with Gasteiger partial charge >= 0.3 is 0 Å². The van der Waals surface area contributed by atoms with Crippen molar-refractivity contribution < 1.29 is 38.8 Å². The van der Waals surface area contributed by atoms with Gasteiger partial charge in [-0.3, -0.25) is 19.3 Å². The lowest BCUT2D eigenvalue weighted by molar-refractivity contribution is -0.402. The number of fused-ring (bicyclic) bond motifs is 2. The number of benzene rings is 2. The number of aryl methyl sites for hydroxylation is 1. The number of anilines is 1. The van der Waals surface area contributed by atoms with Crippen LogP contribution >= 0.6 is 0 Å². The van der Waals surface area contributed by atoms with Crippen molar-refractivity contribution in [2.24, 2.45) is 34.0 Å². The fourth-order valence-corrected chi connectivity index (χ4v) is 13.7. The monoisotopic (exact) mass is 849 g/mol. The first-order valence-corrected chi connectivity index (χ1v) is 23.5. The zero-order valence-electron chi connectivity index (χ0n) is 36.4. The van der Waals surface area contributed by atoms with Crippen LogP contribution in [0.5, 0.6) is 0 Å². The first-order chi connectivity index (χ1) is 30.0. The smallest absolute Gasteiger partial charge is 0.261 e. The molecular formula is C49H63N5O8. The molecule has 11 rings (SSSR count). The van der Waals surface area contributed by atoms with Crippen LogP contribution in [-0.2, 0) is 32.0 Å². The number of unbranched alkanes of at least 4 members (excludes halogenated alkanes) is 3. The van der Waals surface area contributed by atoms with E-state index in [9.17, 15) is 24.6 Å². The summed E-state index contributed by atoms with van der Waals surface area (Å²) < 4.78 is 21.1. The highest BCUT2D eigenvalue weighted by molar-refractivity contribution is 6.26. The molecule has 4 bridgehead atoms. The maximum atomic E-state index is 14.0. The van der Waals surface area contributed by atoms with Crippen molar-refractivity contribution in [2.45, 2.75) is 128 Å². The van der Waals surface area contributed by atoms with Crippen molar-refractivity contribution in [2.75, 3.05) is 44.4 Å². The van der Waals surface area contributed by atoms with Gasteiger partial charge in [-0.1, -0.05) is 57.0 Å². The Kier molecular flexibility index (Phi) is 11.0. The Morgan fingerprint density at radius 2 is 1.66 bits per heavy atom. The second-order valence-electron chi connectivity index (χ2n) is 20.1. The number of aromatic nitrogens is 3. The van der Waals surface area contributed by atoms with Crippen LogP contribution in [0.2, 0.25) is 0 Å². The van der Waals surface area contributed by atoms with E-state index in [0.717, 1.165) is 99.5 Å². The number of ether oxygens (including phenoxy) is 3. The second-order valence-corrected chi connectivity index (χ2v) is 20.1. The van der Waals surface area contributed by atoms with Crippen LogP contribution in [-0.4, -0.2) is 112 Å². The average Bonchev–Trinajstić information content (AvgIpc) is 3.77. The van der Waals surface area contributed by atoms with Gasteiger partial charge in [-0.25, -0.2) is 4.68 Å². The summed E-state index contributed by atoms with van der Waals surface area (Å²) in [6.45, 7) is 12.5. The summed E-state index contributed by atoms with van der Waals surface area (Å²) >= 11 is 0. The highest BCUT2D eigenvalue weighted by atomic mass is 16.7. The van der Waals surface area contributed by atoms with Crippen molar-refractivity contribution in [3.05, 3.63) is 65.5 Å². The summed E-state index contributed by atoms with van der Waals surface area (Å²) in [5, 5.41) is 33.9. The minimum absolute atomic E-state index is 0.0107. The van der Waals surface area contributed by atoms with Gasteiger partial charge in [0.25, 0.3) is 11.8 Å². The molecule has 13 heteroatoms. The van der Waals surface area contributed by atoms with E-state index >= 15 is 0 Å². The largest absolute Gasteiger partial charge is 0.393 e. The molecule has 0 radical (unpaired) electrons. The van der Waals surface area contributed by atoms with Gasteiger partial charge < -0.3 is 29.3 Å². The number of carbonyl (C=O) groups is 3. The molecule has 3 aromatic rings. The highest BCUT2D eigenvalue weighted by Gasteiger charge is 2.81. The van der Waals surface area contributed by atoms with Gasteiger partial charge in [-0.2, -0.15) is 0 Å². The summed E-state index contributed by atoms with van der Waals surface area (Å²) in [6, 6.07) is 9.69. The van der Waals surface area contributed by atoms with E-state index in [1.165, 1.54) is 11.3 Å². The molecule has 9 atom stereocenters. The summed E-state index contributed by atoms with van der Waals surface area (Å²) in [5.74, 6) is -1.22. The number of imide groups is 1. The predicted molar refractivity (Wildman–Crippen MR) is 231 cm³/mol. The van der Waals surface area contributed by atoms with Gasteiger partial charge in [0.1, 0.15) is 0 Å². The van der Waals surface area contributed by atoms with E-state index < -0.39 is 47.3 Å². The molecule has 5 heterocycles. The van der Waals surface area contributed by atoms with Crippen LogP contribution in [0, 0.1) is 34.0 Å². The molecule has 1 aromatic heterocycles. The molecule has 4 saturated carbocycles. The number of carbonyl (C=O) groups excluding carboxylic acids is 3. The highest BCUT2D eigenvalue weighted by Crippen LogP contribution is 2.75. The molecule has 2 aromatic carbocycles. The number of hydrogen-bond acceptors (Lipinski definition) is 11. The zero-order valence-corrected chi connectivity index (χ0v) is 36.4. The van der Waals surface area contributed by atoms with E-state index in [4.69, 9.17) is 14.2 Å². The van der Waals surface area contributed by atoms with Crippen molar-refractivity contribution in [3.63, 3.8) is 0 Å². The third-order valence-electron chi connectivity index (χ3n) is 16.5. The van der Waals surface area contributed by atoms with Gasteiger partial charge in [0, 0.05) is 70.7 Å². The number of rotatable bonds is 15. The van der Waals surface area contributed by atoms with Gasteiger partial charge in [-0.05, 0) is 99.3 Å². The Hall–Kier alpha value is -4.01. The molecule has 332 valence electrons. The molecule has 8 aliphatic rings. The Morgan fingerprint density at radius 3 is 2.48 bits per heavy atom. The van der Waals surface area contributed by atoms with Crippen LogP contribution in [0.1, 0.15) is 117 Å². The van der Waals surface area contributed by atoms with E-state index in [0.29, 0.717) is 49.3 Å². The molecule has 2 spiro atoms. The van der Waals surface area contributed by atoms with Gasteiger partial charge in [0.2, 0.25) is 0 Å². The Labute approximate surface area is 364 Å². The van der Waals surface area contributed by atoms with Crippen LogP contribution in [0.25, 0.3) is 10.8 Å². The van der Waals surface area contributed by atoms with Crippen molar-refractivity contribution >= 4 is 34.1 Å². The van der Waals surface area contributed by atoms with Crippen LogP contribution < -0.4 is 4.90 Å². The van der Waals surface area contributed by atoms with Crippen molar-refractivity contribution in [3.8, 4) is 0 Å². The quantitative estimate of drug-likeness (QED) is 0.101. The summed E-state index contributed by atoms with van der Waals surface area (Å²) in [6.07, 6.45) is 11.5. The lowest BCUT2D eigenvalue weighted by Gasteiger charge is -2.72. The number of piperidine rings is 1. The van der Waals surface area contributed by atoms with E-state index in [2.05, 4.69) is 35.6 Å². The SMILES string of the molecule is C=C1C(=O)[C@]23[C@H](O)[C@H]1C[C@H](O)[C@H]2[C@]12CCCC(C)(C)[C@H]1C[C@H]3O[C@H]2OCCCCCCc1cn(CCOCCN2C(=O)c3cccc4c(N5CCCCC5)ccc(c34)C2=O)nn1. The van der Waals surface area contributed by atoms with E-state index in [1.54, 1.807) is 4.68 Å². The number of amides is 2. The van der Waals surface area contributed by atoms with Gasteiger partial charge in [0.05, 0.1) is 55.7 Å². The first-order valence-electron chi connectivity index (χ1n) is 23.5. The minimum Gasteiger partial charge on any atom is -0.393 e. The van der Waals surface area contributed by atoms with Crippen LogP contribution in [0.15, 0.2) is 48.7 Å². The number of ketones is 1. The Balaban J connectivity index is 0.667. The predicted octanol–water partition coefficient (Wildman–Crippen LogP) is 6.28. The maximum absolute atomic E-state index is 14.0. The van der Waals surface area contributed by atoms with Gasteiger partial charge in [-0.15, -0.1) is 5.10 Å². The van der Waals surface area contributed by atoms with Crippen LogP contribution in [0.4, 0.5) is 5.69 Å². The summed E-state index contributed by atoms with van der Waals surface area (Å²) in [5.41, 5.74) is 1.96. The summed E-state index contributed by atoms with van der Waals surface area (Å²) in [4.78, 5) is 44.8. The third-order valence-corrected chi connectivity index (χ3v) is 16.5. The number of Topliss-reactive ketones (excluding diaryl/α,β-unsaturated/α-hetero) is 1. The fraction of sp³-hybridized carbons (Fsp3) is 0.653. The normalized spacial score (nSPS) is 33.4. The molecule has 4 aliphatic carbocycles. The molecule has 7 fully saturated rings. The minimum atomic E-state index is -1.13.